The minimum absolute atomic E-state index is 0.0100. The van der Waals surface area contributed by atoms with Crippen LogP contribution in [0.15, 0.2) is 24.3 Å². The van der Waals surface area contributed by atoms with Crippen LogP contribution in [0.1, 0.15) is 341 Å². The summed E-state index contributed by atoms with van der Waals surface area (Å²) in [5.74, 6) is -0.0489. The van der Waals surface area contributed by atoms with Crippen molar-refractivity contribution >= 4 is 11.9 Å². The second-order valence-electron chi connectivity index (χ2n) is 21.4. The summed E-state index contributed by atoms with van der Waals surface area (Å²) in [4.78, 5) is 24.6. The SMILES string of the molecule is CCCCC/C=C\C/C=C\CCCCCCCC(=O)OCCCCCCCCCCCCCCCCCCC(=O)NC(CO)C(O)CCCCCCCCCCCCCCCCCCCCCCC. The largest absolute Gasteiger partial charge is 0.466 e. The molecular formula is C63H121NO5. The molecule has 2 atom stereocenters. The van der Waals surface area contributed by atoms with E-state index in [0.29, 0.717) is 25.9 Å². The fourth-order valence-electron chi connectivity index (χ4n) is 9.73. The number of aliphatic hydroxyl groups is 2. The van der Waals surface area contributed by atoms with E-state index in [1.165, 1.54) is 250 Å². The third-order valence-corrected chi connectivity index (χ3v) is 14.5. The molecule has 0 aliphatic heterocycles. The first-order valence-electron chi connectivity index (χ1n) is 31.1. The molecule has 0 fully saturated rings. The van der Waals surface area contributed by atoms with Crippen LogP contribution in [-0.4, -0.2) is 47.4 Å². The van der Waals surface area contributed by atoms with Crippen molar-refractivity contribution in [2.24, 2.45) is 0 Å². The number of hydrogen-bond donors (Lipinski definition) is 3. The number of aliphatic hydroxyl groups excluding tert-OH is 2. The van der Waals surface area contributed by atoms with Gasteiger partial charge in [0.15, 0.2) is 0 Å². The molecule has 0 rings (SSSR count). The minimum atomic E-state index is -0.670. The molecule has 0 aromatic carbocycles. The van der Waals surface area contributed by atoms with Crippen LogP contribution in [0.2, 0.25) is 0 Å². The van der Waals surface area contributed by atoms with Gasteiger partial charge in [-0.1, -0.05) is 295 Å². The fraction of sp³-hybridized carbons (Fsp3) is 0.905. The summed E-state index contributed by atoms with van der Waals surface area (Å²) in [5, 5.41) is 23.4. The number of ether oxygens (including phenoxy) is 1. The molecule has 3 N–H and O–H groups in total. The first-order chi connectivity index (χ1) is 34.0. The highest BCUT2D eigenvalue weighted by molar-refractivity contribution is 5.76. The molecule has 0 saturated carbocycles. The summed E-state index contributed by atoms with van der Waals surface area (Å²) in [7, 11) is 0. The van der Waals surface area contributed by atoms with E-state index in [-0.39, 0.29) is 18.5 Å². The summed E-state index contributed by atoms with van der Waals surface area (Å²) in [6, 6.07) is -0.548. The predicted octanol–water partition coefficient (Wildman–Crippen LogP) is 19.4. The standard InChI is InChI=1S/C63H121NO5/c1-3-5-7-9-11-13-15-17-19-20-21-22-23-24-28-31-35-39-43-47-51-55-61(66)60(59-65)64-62(67)56-52-48-44-40-36-32-29-25-26-30-34-38-42-46-50-54-58-69-63(68)57-53-49-45-41-37-33-27-18-16-14-12-10-8-6-4-2/h12,14,18,27,60-61,65-66H,3-11,13,15-17,19-26,28-59H2,1-2H3,(H,64,67)/b14-12-,27-18-. The smallest absolute Gasteiger partial charge is 0.305 e. The van der Waals surface area contributed by atoms with E-state index in [1.54, 1.807) is 0 Å². The number of rotatable bonds is 58. The molecule has 0 spiro atoms. The maximum atomic E-state index is 12.5. The number of amides is 1. The number of carbonyl (C=O) groups is 2. The van der Waals surface area contributed by atoms with Crippen molar-refractivity contribution in [2.75, 3.05) is 13.2 Å². The molecule has 408 valence electrons. The highest BCUT2D eigenvalue weighted by Gasteiger charge is 2.20. The molecular weight excluding hydrogens is 851 g/mol. The zero-order valence-corrected chi connectivity index (χ0v) is 46.6. The lowest BCUT2D eigenvalue weighted by molar-refractivity contribution is -0.143. The Kier molecular flexibility index (Phi) is 57.5. The molecule has 0 aromatic heterocycles. The second-order valence-corrected chi connectivity index (χ2v) is 21.4. The molecule has 2 unspecified atom stereocenters. The monoisotopic (exact) mass is 972 g/mol. The molecule has 6 nitrogen and oxygen atoms in total. The van der Waals surface area contributed by atoms with E-state index in [2.05, 4.69) is 43.5 Å². The van der Waals surface area contributed by atoms with Crippen molar-refractivity contribution in [1.29, 1.82) is 0 Å². The molecule has 0 aliphatic carbocycles. The van der Waals surface area contributed by atoms with Crippen LogP contribution in [0.25, 0.3) is 0 Å². The van der Waals surface area contributed by atoms with Gasteiger partial charge in [0.2, 0.25) is 5.91 Å². The lowest BCUT2D eigenvalue weighted by atomic mass is 10.0. The number of unbranched alkanes of at least 4 members (excludes halogenated alkanes) is 43. The van der Waals surface area contributed by atoms with Gasteiger partial charge in [0.25, 0.3) is 0 Å². The van der Waals surface area contributed by atoms with Crippen LogP contribution in [0.5, 0.6) is 0 Å². The molecule has 0 saturated heterocycles. The van der Waals surface area contributed by atoms with Gasteiger partial charge in [0, 0.05) is 12.8 Å². The van der Waals surface area contributed by atoms with Gasteiger partial charge in [-0.25, -0.2) is 0 Å². The quantitative estimate of drug-likeness (QED) is 0.0321. The van der Waals surface area contributed by atoms with Crippen LogP contribution in [-0.2, 0) is 14.3 Å². The Morgan fingerprint density at radius 2 is 0.725 bits per heavy atom. The first-order valence-corrected chi connectivity index (χ1v) is 31.1. The third kappa shape index (κ3) is 55.5. The Bertz CT molecular complexity index is 1080. The molecule has 1 amide bonds. The number of carbonyl (C=O) groups excluding carboxylic acids is 2. The highest BCUT2D eigenvalue weighted by Crippen LogP contribution is 2.18. The number of nitrogens with one attached hydrogen (secondary N) is 1. The summed E-state index contributed by atoms with van der Waals surface area (Å²) < 4.78 is 5.47. The fourth-order valence-corrected chi connectivity index (χ4v) is 9.73. The first kappa shape index (κ1) is 67.3. The number of allylic oxidation sites excluding steroid dienone is 4. The maximum Gasteiger partial charge on any atom is 0.305 e. The molecule has 69 heavy (non-hydrogen) atoms. The Labute approximate surface area is 431 Å². The minimum Gasteiger partial charge on any atom is -0.466 e. The zero-order chi connectivity index (χ0) is 50.0. The number of hydrogen-bond acceptors (Lipinski definition) is 5. The van der Waals surface area contributed by atoms with Gasteiger partial charge in [-0.05, 0) is 57.8 Å². The van der Waals surface area contributed by atoms with Gasteiger partial charge in [-0.3, -0.25) is 9.59 Å². The average Bonchev–Trinajstić information content (AvgIpc) is 3.35. The van der Waals surface area contributed by atoms with Crippen molar-refractivity contribution in [1.82, 2.24) is 5.32 Å². The van der Waals surface area contributed by atoms with Gasteiger partial charge in [-0.2, -0.15) is 0 Å². The molecule has 0 heterocycles. The summed E-state index contributed by atoms with van der Waals surface area (Å²) in [5.41, 5.74) is 0. The van der Waals surface area contributed by atoms with E-state index in [0.717, 1.165) is 57.8 Å². The van der Waals surface area contributed by atoms with E-state index >= 15 is 0 Å². The average molecular weight is 973 g/mol. The number of esters is 1. The zero-order valence-electron chi connectivity index (χ0n) is 46.6. The van der Waals surface area contributed by atoms with Crippen molar-refractivity contribution in [3.63, 3.8) is 0 Å². The van der Waals surface area contributed by atoms with E-state index in [1.807, 2.05) is 0 Å². The van der Waals surface area contributed by atoms with Gasteiger partial charge >= 0.3 is 5.97 Å². The van der Waals surface area contributed by atoms with Crippen molar-refractivity contribution in [2.45, 2.75) is 353 Å². The van der Waals surface area contributed by atoms with Gasteiger partial charge in [0.05, 0.1) is 25.4 Å². The predicted molar refractivity (Wildman–Crippen MR) is 301 cm³/mol. The summed E-state index contributed by atoms with van der Waals surface area (Å²) in [6.07, 6.45) is 71.8. The Balaban J connectivity index is 3.43. The van der Waals surface area contributed by atoms with Crippen LogP contribution in [0.4, 0.5) is 0 Å². The molecule has 6 heteroatoms. The maximum absolute atomic E-state index is 12.5. The van der Waals surface area contributed by atoms with Crippen molar-refractivity contribution < 1.29 is 24.5 Å². The van der Waals surface area contributed by atoms with Gasteiger partial charge in [0.1, 0.15) is 0 Å². The van der Waals surface area contributed by atoms with E-state index in [4.69, 9.17) is 4.74 Å². The third-order valence-electron chi connectivity index (χ3n) is 14.5. The lowest BCUT2D eigenvalue weighted by Crippen LogP contribution is -2.45. The summed E-state index contributed by atoms with van der Waals surface area (Å²) in [6.45, 7) is 4.93. The Morgan fingerprint density at radius 1 is 0.406 bits per heavy atom. The molecule has 0 aromatic rings. The Morgan fingerprint density at radius 3 is 1.13 bits per heavy atom. The summed E-state index contributed by atoms with van der Waals surface area (Å²) >= 11 is 0. The van der Waals surface area contributed by atoms with E-state index in [9.17, 15) is 19.8 Å². The Hall–Kier alpha value is -1.66. The van der Waals surface area contributed by atoms with Crippen LogP contribution in [0.3, 0.4) is 0 Å². The van der Waals surface area contributed by atoms with Crippen LogP contribution < -0.4 is 5.32 Å². The molecule has 0 aliphatic rings. The molecule has 0 bridgehead atoms. The van der Waals surface area contributed by atoms with Crippen LogP contribution in [0, 0.1) is 0 Å². The second kappa shape index (κ2) is 58.9. The van der Waals surface area contributed by atoms with Gasteiger partial charge in [-0.15, -0.1) is 0 Å². The topological polar surface area (TPSA) is 95.9 Å². The van der Waals surface area contributed by atoms with E-state index < -0.39 is 12.1 Å². The highest BCUT2D eigenvalue weighted by atomic mass is 16.5. The molecule has 0 radical (unpaired) electrons. The normalized spacial score (nSPS) is 12.7. The lowest BCUT2D eigenvalue weighted by Gasteiger charge is -2.22. The van der Waals surface area contributed by atoms with Crippen LogP contribution >= 0.6 is 0 Å². The van der Waals surface area contributed by atoms with Crippen molar-refractivity contribution in [3.8, 4) is 0 Å². The van der Waals surface area contributed by atoms with Crippen molar-refractivity contribution in [3.05, 3.63) is 24.3 Å². The van der Waals surface area contributed by atoms with Gasteiger partial charge < -0.3 is 20.3 Å².